The Morgan fingerprint density at radius 3 is 2.67 bits per heavy atom. The van der Waals surface area contributed by atoms with Gasteiger partial charge in [0.05, 0.1) is 16.7 Å². The molecule has 1 heterocycles. The second-order valence-corrected chi connectivity index (χ2v) is 6.87. The highest BCUT2D eigenvalue weighted by Crippen LogP contribution is 2.27. The van der Waals surface area contributed by atoms with Crippen LogP contribution in [0.1, 0.15) is 27.2 Å². The van der Waals surface area contributed by atoms with E-state index in [2.05, 4.69) is 0 Å². The summed E-state index contributed by atoms with van der Waals surface area (Å²) in [4.78, 5) is 25.5. The van der Waals surface area contributed by atoms with Gasteiger partial charge in [0.2, 0.25) is 0 Å². The number of nitro groups is 1. The lowest BCUT2D eigenvalue weighted by atomic mass is 10.2. The van der Waals surface area contributed by atoms with Crippen molar-refractivity contribution in [2.24, 2.45) is 0 Å². The van der Waals surface area contributed by atoms with Crippen molar-refractivity contribution in [3.63, 3.8) is 0 Å². The number of amides is 1. The van der Waals surface area contributed by atoms with Crippen molar-refractivity contribution in [1.82, 2.24) is 4.90 Å². The van der Waals surface area contributed by atoms with E-state index in [0.717, 1.165) is 6.07 Å². The number of hydrogen-bond acceptors (Lipinski definition) is 5. The maximum Gasteiger partial charge on any atom is 0.410 e. The fourth-order valence-corrected chi connectivity index (χ4v) is 2.64. The Morgan fingerprint density at radius 1 is 1.46 bits per heavy atom. The minimum atomic E-state index is -0.651. The van der Waals surface area contributed by atoms with Crippen LogP contribution in [0.15, 0.2) is 18.2 Å². The average Bonchev–Trinajstić information content (AvgIpc) is 2.94. The Balaban J connectivity index is 2.05. The first-order valence-corrected chi connectivity index (χ1v) is 7.73. The normalized spacial score (nSPS) is 17.7. The van der Waals surface area contributed by atoms with Crippen molar-refractivity contribution in [1.29, 1.82) is 0 Å². The predicted octanol–water partition coefficient (Wildman–Crippen LogP) is 3.18. The lowest BCUT2D eigenvalue weighted by Gasteiger charge is -2.28. The van der Waals surface area contributed by atoms with Crippen molar-refractivity contribution in [3.8, 4) is 0 Å². The minimum absolute atomic E-state index is 0.0755. The summed E-state index contributed by atoms with van der Waals surface area (Å²) < 4.78 is 19.5. The Morgan fingerprint density at radius 2 is 2.12 bits per heavy atom. The van der Waals surface area contributed by atoms with E-state index in [0.29, 0.717) is 19.5 Å². The van der Waals surface area contributed by atoms with E-state index in [1.807, 2.05) is 0 Å². The Kier molecular flexibility index (Phi) is 4.96. The summed E-state index contributed by atoms with van der Waals surface area (Å²) in [6.45, 7) is 6.35. The quantitative estimate of drug-likeness (QED) is 0.624. The molecule has 1 atom stereocenters. The van der Waals surface area contributed by atoms with Crippen molar-refractivity contribution in [2.45, 2.75) is 38.8 Å². The predicted molar refractivity (Wildman–Crippen MR) is 87.7 cm³/mol. The molecule has 1 fully saturated rings. The summed E-state index contributed by atoms with van der Waals surface area (Å²) in [5, 5.41) is 10.7. The van der Waals surface area contributed by atoms with E-state index in [9.17, 15) is 19.3 Å². The van der Waals surface area contributed by atoms with Crippen LogP contribution >= 0.6 is 0 Å². The van der Waals surface area contributed by atoms with Crippen LogP contribution in [-0.2, 0) is 4.74 Å². The lowest BCUT2D eigenvalue weighted by molar-refractivity contribution is -0.385. The number of nitro benzene ring substituents is 1. The number of carbonyl (C=O) groups excluding carboxylic acids is 1. The van der Waals surface area contributed by atoms with Crippen molar-refractivity contribution >= 4 is 17.5 Å². The molecule has 0 radical (unpaired) electrons. The third kappa shape index (κ3) is 4.12. The van der Waals surface area contributed by atoms with E-state index in [1.165, 1.54) is 12.1 Å². The van der Waals surface area contributed by atoms with Gasteiger partial charge in [-0.05, 0) is 33.3 Å². The van der Waals surface area contributed by atoms with Crippen LogP contribution in [0.4, 0.5) is 20.6 Å². The fourth-order valence-electron chi connectivity index (χ4n) is 2.64. The van der Waals surface area contributed by atoms with Crippen LogP contribution in [0.5, 0.6) is 0 Å². The zero-order valence-electron chi connectivity index (χ0n) is 14.3. The zero-order chi connectivity index (χ0) is 18.1. The van der Waals surface area contributed by atoms with Crippen molar-refractivity contribution in [2.75, 3.05) is 25.0 Å². The second-order valence-electron chi connectivity index (χ2n) is 6.87. The van der Waals surface area contributed by atoms with E-state index in [-0.39, 0.29) is 23.5 Å². The van der Waals surface area contributed by atoms with Crippen LogP contribution < -0.4 is 4.90 Å². The first-order valence-electron chi connectivity index (χ1n) is 7.73. The molecule has 1 aromatic rings. The van der Waals surface area contributed by atoms with Gasteiger partial charge in [0, 0.05) is 32.2 Å². The average molecular weight is 339 g/mol. The van der Waals surface area contributed by atoms with Crippen LogP contribution in [-0.4, -0.2) is 47.7 Å². The topological polar surface area (TPSA) is 75.9 Å². The standard InChI is InChI=1S/C16H22FN3O4/c1-16(2,3)24-15(21)19-8-7-12(10-19)18(4)14-6-5-11(20(22)23)9-13(14)17/h5-6,9,12H,7-8,10H2,1-4H3/t12-/m0/s1. The van der Waals surface area contributed by atoms with Gasteiger partial charge in [-0.1, -0.05) is 0 Å². The fraction of sp³-hybridized carbons (Fsp3) is 0.562. The van der Waals surface area contributed by atoms with Crippen molar-refractivity contribution < 1.29 is 18.8 Å². The third-order valence-electron chi connectivity index (χ3n) is 3.88. The minimum Gasteiger partial charge on any atom is -0.444 e. The van der Waals surface area contributed by atoms with Crippen LogP contribution in [0.25, 0.3) is 0 Å². The monoisotopic (exact) mass is 339 g/mol. The number of hydrogen-bond donors (Lipinski definition) is 0. The van der Waals surface area contributed by atoms with Crippen molar-refractivity contribution in [3.05, 3.63) is 34.1 Å². The number of nitrogens with zero attached hydrogens (tertiary/aromatic N) is 3. The van der Waals surface area contributed by atoms with Crippen LogP contribution in [0.3, 0.4) is 0 Å². The molecule has 0 N–H and O–H groups in total. The van der Waals surface area contributed by atoms with E-state index in [1.54, 1.807) is 37.6 Å². The molecule has 0 bridgehead atoms. The molecule has 2 rings (SSSR count). The molecular weight excluding hydrogens is 317 g/mol. The van der Waals surface area contributed by atoms with Gasteiger partial charge in [-0.15, -0.1) is 0 Å². The number of benzene rings is 1. The molecule has 1 aromatic carbocycles. The van der Waals surface area contributed by atoms with E-state index >= 15 is 0 Å². The molecule has 132 valence electrons. The summed E-state index contributed by atoms with van der Waals surface area (Å²) in [6.07, 6.45) is 0.286. The van der Waals surface area contributed by atoms with E-state index in [4.69, 9.17) is 4.74 Å². The number of likely N-dealkylation sites (N-methyl/N-ethyl adjacent to an activating group) is 1. The molecule has 1 saturated heterocycles. The largest absolute Gasteiger partial charge is 0.444 e. The number of ether oxygens (including phenoxy) is 1. The molecule has 0 saturated carbocycles. The first kappa shape index (κ1) is 18.0. The number of likely N-dealkylation sites (tertiary alicyclic amines) is 1. The first-order chi connectivity index (χ1) is 11.1. The molecular formula is C16H22FN3O4. The lowest BCUT2D eigenvalue weighted by Crippen LogP contribution is -2.39. The van der Waals surface area contributed by atoms with Gasteiger partial charge < -0.3 is 14.5 Å². The van der Waals surface area contributed by atoms with Crippen LogP contribution in [0.2, 0.25) is 0 Å². The number of rotatable bonds is 3. The molecule has 0 aliphatic carbocycles. The summed E-state index contributed by atoms with van der Waals surface area (Å²) in [6, 6.07) is 3.50. The highest BCUT2D eigenvalue weighted by atomic mass is 19.1. The van der Waals surface area contributed by atoms with Gasteiger partial charge in [0.25, 0.3) is 5.69 Å². The van der Waals surface area contributed by atoms with Gasteiger partial charge in [0.15, 0.2) is 5.82 Å². The Hall–Kier alpha value is -2.38. The number of carbonyl (C=O) groups is 1. The zero-order valence-corrected chi connectivity index (χ0v) is 14.3. The summed E-state index contributed by atoms with van der Waals surface area (Å²) >= 11 is 0. The van der Waals surface area contributed by atoms with Gasteiger partial charge in [-0.2, -0.15) is 0 Å². The van der Waals surface area contributed by atoms with E-state index < -0.39 is 16.3 Å². The second kappa shape index (κ2) is 6.62. The maximum absolute atomic E-state index is 14.1. The molecule has 0 aromatic heterocycles. The van der Waals surface area contributed by atoms with Gasteiger partial charge in [-0.25, -0.2) is 9.18 Å². The van der Waals surface area contributed by atoms with Gasteiger partial charge in [0.1, 0.15) is 5.60 Å². The SMILES string of the molecule is CN(c1ccc([N+](=O)[O-])cc1F)[C@H]1CCN(C(=O)OC(C)(C)C)C1. The molecule has 0 spiro atoms. The molecule has 1 amide bonds. The molecule has 1 aliphatic rings. The molecule has 8 heteroatoms. The third-order valence-corrected chi connectivity index (χ3v) is 3.88. The highest BCUT2D eigenvalue weighted by Gasteiger charge is 2.32. The Bertz CT molecular complexity index is 645. The summed E-state index contributed by atoms with van der Waals surface area (Å²) in [5.41, 5.74) is -0.575. The number of anilines is 1. The smallest absolute Gasteiger partial charge is 0.410 e. The summed E-state index contributed by atoms with van der Waals surface area (Å²) in [7, 11) is 1.72. The molecule has 24 heavy (non-hydrogen) atoms. The molecule has 1 aliphatic heterocycles. The molecule has 0 unspecified atom stereocenters. The number of non-ortho nitro benzene ring substituents is 1. The Labute approximate surface area is 140 Å². The summed E-state index contributed by atoms with van der Waals surface area (Å²) in [5.74, 6) is -0.651. The number of halogens is 1. The van der Waals surface area contributed by atoms with Gasteiger partial charge in [-0.3, -0.25) is 10.1 Å². The van der Waals surface area contributed by atoms with Gasteiger partial charge >= 0.3 is 6.09 Å². The molecule has 7 nitrogen and oxygen atoms in total. The maximum atomic E-state index is 14.1. The highest BCUT2D eigenvalue weighted by molar-refractivity contribution is 5.69. The van der Waals surface area contributed by atoms with Crippen LogP contribution in [0, 0.1) is 15.9 Å².